The third kappa shape index (κ3) is 4.56. The molecule has 1 heteroatoms. The Balaban J connectivity index is 1.46. The lowest BCUT2D eigenvalue weighted by Gasteiger charge is -2.16. The molecule has 0 heterocycles. The second-order valence-electron chi connectivity index (χ2n) is 9.95. The van der Waals surface area contributed by atoms with Crippen LogP contribution in [0.1, 0.15) is 0 Å². The summed E-state index contributed by atoms with van der Waals surface area (Å²) in [5, 5.41) is 5.01. The summed E-state index contributed by atoms with van der Waals surface area (Å²) in [4.78, 5) is 0. The van der Waals surface area contributed by atoms with Crippen LogP contribution in [0.25, 0.3) is 66.1 Å². The third-order valence-electron chi connectivity index (χ3n) is 7.48. The maximum absolute atomic E-state index is 3.80. The van der Waals surface area contributed by atoms with E-state index in [4.69, 9.17) is 0 Å². The molecule has 0 amide bonds. The van der Waals surface area contributed by atoms with Crippen LogP contribution in [0.3, 0.4) is 0 Å². The smallest absolute Gasteiger partial charge is 0.0188 e. The van der Waals surface area contributed by atoms with Crippen LogP contribution in [0.4, 0.5) is 0 Å². The Morgan fingerprint density at radius 1 is 0.308 bits per heavy atom. The Morgan fingerprint density at radius 3 is 1.56 bits per heavy atom. The summed E-state index contributed by atoms with van der Waals surface area (Å²) in [6, 6.07) is 54.8. The van der Waals surface area contributed by atoms with Crippen molar-refractivity contribution >= 4 is 37.5 Å². The second-order valence-corrected chi connectivity index (χ2v) is 10.9. The molecular formula is C38H25Br. The van der Waals surface area contributed by atoms with Gasteiger partial charge in [-0.2, -0.15) is 0 Å². The van der Waals surface area contributed by atoms with E-state index < -0.39 is 0 Å². The largest absolute Gasteiger partial charge is 0.0622 e. The molecule has 0 unspecified atom stereocenters. The molecular weight excluding hydrogens is 536 g/mol. The van der Waals surface area contributed by atoms with Crippen molar-refractivity contribution in [2.75, 3.05) is 0 Å². The number of halogens is 1. The van der Waals surface area contributed by atoms with Gasteiger partial charge in [-0.1, -0.05) is 131 Å². The van der Waals surface area contributed by atoms with E-state index in [0.717, 1.165) is 4.47 Å². The van der Waals surface area contributed by atoms with E-state index in [0.29, 0.717) is 0 Å². The van der Waals surface area contributed by atoms with E-state index in [9.17, 15) is 0 Å². The molecule has 0 fully saturated rings. The van der Waals surface area contributed by atoms with Gasteiger partial charge in [0.1, 0.15) is 0 Å². The molecule has 0 spiro atoms. The summed E-state index contributed by atoms with van der Waals surface area (Å²) in [5.41, 5.74) is 9.76. The fraction of sp³-hybridized carbons (Fsp3) is 0. The van der Waals surface area contributed by atoms with Crippen LogP contribution in [0, 0.1) is 0 Å². The topological polar surface area (TPSA) is 0 Å². The van der Waals surface area contributed by atoms with Crippen molar-refractivity contribution in [3.05, 3.63) is 156 Å². The number of hydrogen-bond donors (Lipinski definition) is 0. The van der Waals surface area contributed by atoms with Gasteiger partial charge in [-0.3, -0.25) is 0 Å². The van der Waals surface area contributed by atoms with Crippen molar-refractivity contribution in [2.24, 2.45) is 0 Å². The second kappa shape index (κ2) is 10.0. The molecule has 7 aromatic carbocycles. The Bertz CT molecular complexity index is 1950. The van der Waals surface area contributed by atoms with Crippen LogP contribution in [0.2, 0.25) is 0 Å². The summed E-state index contributed by atoms with van der Waals surface area (Å²) in [7, 11) is 0. The molecule has 0 N–H and O–H groups in total. The SMILES string of the molecule is Brc1cc(-c2ccccc2)c2cc(-c3cccc(-c4ccc5ccccc5c4)c3)cc(-c3ccccc3)c2c1. The zero-order chi connectivity index (χ0) is 26.2. The fourth-order valence-corrected chi connectivity index (χ4v) is 6.01. The first-order valence-electron chi connectivity index (χ1n) is 13.2. The summed E-state index contributed by atoms with van der Waals surface area (Å²) >= 11 is 3.80. The molecule has 0 aliphatic heterocycles. The molecule has 0 nitrogen and oxygen atoms in total. The molecule has 7 rings (SSSR count). The van der Waals surface area contributed by atoms with Gasteiger partial charge < -0.3 is 0 Å². The highest BCUT2D eigenvalue weighted by atomic mass is 79.9. The van der Waals surface area contributed by atoms with E-state index in [1.54, 1.807) is 0 Å². The zero-order valence-corrected chi connectivity index (χ0v) is 22.9. The number of rotatable bonds is 4. The maximum atomic E-state index is 3.80. The molecule has 39 heavy (non-hydrogen) atoms. The van der Waals surface area contributed by atoms with Crippen LogP contribution in [-0.4, -0.2) is 0 Å². The van der Waals surface area contributed by atoms with Gasteiger partial charge in [0, 0.05) is 4.47 Å². The van der Waals surface area contributed by atoms with Crippen LogP contribution in [0.15, 0.2) is 156 Å². The summed E-state index contributed by atoms with van der Waals surface area (Å²) in [5.74, 6) is 0. The molecule has 0 saturated heterocycles. The van der Waals surface area contributed by atoms with Gasteiger partial charge in [-0.15, -0.1) is 0 Å². The van der Waals surface area contributed by atoms with Gasteiger partial charge in [0.2, 0.25) is 0 Å². The average molecular weight is 562 g/mol. The van der Waals surface area contributed by atoms with Gasteiger partial charge in [0.05, 0.1) is 0 Å². The molecule has 0 aromatic heterocycles. The Hall–Kier alpha value is -4.46. The summed E-state index contributed by atoms with van der Waals surface area (Å²) < 4.78 is 1.08. The first-order valence-corrected chi connectivity index (χ1v) is 14.0. The molecule has 184 valence electrons. The molecule has 0 saturated carbocycles. The lowest BCUT2D eigenvalue weighted by molar-refractivity contribution is 1.59. The van der Waals surface area contributed by atoms with Crippen molar-refractivity contribution in [1.29, 1.82) is 0 Å². The van der Waals surface area contributed by atoms with E-state index in [1.807, 2.05) is 0 Å². The lowest BCUT2D eigenvalue weighted by atomic mass is 9.88. The standard InChI is InChI=1S/C38H25Br/c39-34-24-36(28-13-5-2-6-14-28)37-23-33(22-35(38(37)25-34)27-11-3-1-4-12-27)31-17-9-16-30(21-31)32-19-18-26-10-7-8-15-29(26)20-32/h1-25H. The van der Waals surface area contributed by atoms with E-state index in [1.165, 1.54) is 66.1 Å². The van der Waals surface area contributed by atoms with Crippen molar-refractivity contribution < 1.29 is 0 Å². The molecule has 7 aromatic rings. The Labute approximate surface area is 237 Å². The number of benzene rings is 7. The van der Waals surface area contributed by atoms with Gasteiger partial charge in [0.25, 0.3) is 0 Å². The van der Waals surface area contributed by atoms with Crippen molar-refractivity contribution in [2.45, 2.75) is 0 Å². The van der Waals surface area contributed by atoms with E-state index in [2.05, 4.69) is 168 Å². The maximum Gasteiger partial charge on any atom is 0.0188 e. The highest BCUT2D eigenvalue weighted by Crippen LogP contribution is 2.41. The van der Waals surface area contributed by atoms with Gasteiger partial charge >= 0.3 is 0 Å². The minimum atomic E-state index is 1.08. The van der Waals surface area contributed by atoms with Crippen molar-refractivity contribution in [1.82, 2.24) is 0 Å². The van der Waals surface area contributed by atoms with E-state index in [-0.39, 0.29) is 0 Å². The van der Waals surface area contributed by atoms with Crippen LogP contribution in [-0.2, 0) is 0 Å². The van der Waals surface area contributed by atoms with Gasteiger partial charge in [-0.05, 0) is 102 Å². The minimum Gasteiger partial charge on any atom is -0.0622 e. The number of hydrogen-bond acceptors (Lipinski definition) is 0. The molecule has 0 bridgehead atoms. The van der Waals surface area contributed by atoms with Crippen LogP contribution in [0.5, 0.6) is 0 Å². The highest BCUT2D eigenvalue weighted by molar-refractivity contribution is 9.10. The average Bonchev–Trinajstić information content (AvgIpc) is 3.01. The van der Waals surface area contributed by atoms with Crippen molar-refractivity contribution in [3.63, 3.8) is 0 Å². The third-order valence-corrected chi connectivity index (χ3v) is 7.94. The first kappa shape index (κ1) is 23.6. The Kier molecular flexibility index (Phi) is 6.07. The van der Waals surface area contributed by atoms with Crippen LogP contribution >= 0.6 is 15.9 Å². The van der Waals surface area contributed by atoms with Gasteiger partial charge in [0.15, 0.2) is 0 Å². The van der Waals surface area contributed by atoms with Crippen molar-refractivity contribution in [3.8, 4) is 44.5 Å². The molecule has 0 aliphatic carbocycles. The predicted molar refractivity (Wildman–Crippen MR) is 171 cm³/mol. The minimum absolute atomic E-state index is 1.08. The monoisotopic (exact) mass is 560 g/mol. The molecule has 0 aliphatic rings. The Morgan fingerprint density at radius 2 is 0.846 bits per heavy atom. The van der Waals surface area contributed by atoms with E-state index >= 15 is 0 Å². The summed E-state index contributed by atoms with van der Waals surface area (Å²) in [6.07, 6.45) is 0. The first-order chi connectivity index (χ1) is 19.2. The zero-order valence-electron chi connectivity index (χ0n) is 21.3. The summed E-state index contributed by atoms with van der Waals surface area (Å²) in [6.45, 7) is 0. The molecule has 0 radical (unpaired) electrons. The predicted octanol–water partition coefficient (Wildman–Crippen LogP) is 11.4. The van der Waals surface area contributed by atoms with Crippen LogP contribution < -0.4 is 0 Å². The highest BCUT2D eigenvalue weighted by Gasteiger charge is 2.14. The fourth-order valence-electron chi connectivity index (χ4n) is 5.55. The lowest BCUT2D eigenvalue weighted by Crippen LogP contribution is -1.90. The van der Waals surface area contributed by atoms with Gasteiger partial charge in [-0.25, -0.2) is 0 Å². The number of fused-ring (bicyclic) bond motifs is 2. The normalized spacial score (nSPS) is 11.2. The quantitative estimate of drug-likeness (QED) is 0.201. The molecule has 0 atom stereocenters.